The van der Waals surface area contributed by atoms with Crippen molar-refractivity contribution in [1.82, 2.24) is 0 Å². The topological polar surface area (TPSA) is 52.6 Å². The average Bonchev–Trinajstić information content (AvgIpc) is 2.83. The normalized spacial score (nSPS) is 10.8. The second kappa shape index (κ2) is 11.3. The van der Waals surface area contributed by atoms with E-state index in [1.807, 2.05) is 43.3 Å². The zero-order chi connectivity index (χ0) is 23.6. The molecule has 33 heavy (non-hydrogen) atoms. The number of ether oxygens (including phenoxy) is 2. The minimum Gasteiger partial charge on any atom is -0.423 e. The van der Waals surface area contributed by atoms with Crippen LogP contribution in [0.4, 0.5) is 0 Å². The summed E-state index contributed by atoms with van der Waals surface area (Å²) in [6.45, 7) is 9.27. The maximum absolute atomic E-state index is 12.1. The van der Waals surface area contributed by atoms with Crippen molar-refractivity contribution in [1.29, 1.82) is 0 Å². The van der Waals surface area contributed by atoms with E-state index in [1.54, 1.807) is 54.6 Å². The molecule has 0 spiro atoms. The second-order valence-electron chi connectivity index (χ2n) is 7.17. The van der Waals surface area contributed by atoms with Crippen molar-refractivity contribution in [2.24, 2.45) is 0 Å². The van der Waals surface area contributed by atoms with E-state index in [4.69, 9.17) is 9.47 Å². The predicted molar refractivity (Wildman–Crippen MR) is 134 cm³/mol. The summed E-state index contributed by atoms with van der Waals surface area (Å²) in [5, 5.41) is 0. The lowest BCUT2D eigenvalue weighted by Crippen LogP contribution is -2.04. The van der Waals surface area contributed by atoms with Gasteiger partial charge in [-0.1, -0.05) is 67.8 Å². The van der Waals surface area contributed by atoms with Gasteiger partial charge in [-0.2, -0.15) is 0 Å². The Balaban J connectivity index is 1.57. The Morgan fingerprint density at radius 1 is 0.667 bits per heavy atom. The molecule has 0 atom stereocenters. The Morgan fingerprint density at radius 2 is 1.15 bits per heavy atom. The highest BCUT2D eigenvalue weighted by molar-refractivity contribution is 5.90. The maximum atomic E-state index is 12.1. The Morgan fingerprint density at radius 3 is 1.73 bits per heavy atom. The highest BCUT2D eigenvalue weighted by atomic mass is 16.5. The average molecular weight is 437 g/mol. The molecule has 3 rings (SSSR count). The first-order chi connectivity index (χ1) is 16.0. The minimum absolute atomic E-state index is 0.422. The van der Waals surface area contributed by atoms with Crippen LogP contribution in [0.3, 0.4) is 0 Å². The summed E-state index contributed by atoms with van der Waals surface area (Å²) in [6.07, 6.45) is 9.56. The Bertz CT molecular complexity index is 1210. The molecule has 3 aromatic carbocycles. The molecule has 0 fully saturated rings. The van der Waals surface area contributed by atoms with E-state index in [9.17, 15) is 9.59 Å². The molecule has 0 saturated heterocycles. The van der Waals surface area contributed by atoms with Gasteiger partial charge in [0, 0.05) is 12.2 Å². The van der Waals surface area contributed by atoms with E-state index in [0.717, 1.165) is 27.8 Å². The van der Waals surface area contributed by atoms with E-state index < -0.39 is 11.9 Å². The molecule has 0 amide bonds. The van der Waals surface area contributed by atoms with Gasteiger partial charge in [-0.15, -0.1) is 0 Å². The fourth-order valence-corrected chi connectivity index (χ4v) is 2.94. The van der Waals surface area contributed by atoms with Crippen LogP contribution in [-0.4, -0.2) is 11.9 Å². The molecule has 0 saturated carbocycles. The van der Waals surface area contributed by atoms with Crippen LogP contribution in [-0.2, 0) is 9.59 Å². The van der Waals surface area contributed by atoms with E-state index in [2.05, 4.69) is 13.2 Å². The summed E-state index contributed by atoms with van der Waals surface area (Å²) >= 11 is 0. The van der Waals surface area contributed by atoms with Gasteiger partial charge < -0.3 is 9.47 Å². The van der Waals surface area contributed by atoms with Crippen molar-refractivity contribution in [2.75, 3.05) is 0 Å². The van der Waals surface area contributed by atoms with E-state index in [0.29, 0.717) is 11.5 Å². The quantitative estimate of drug-likeness (QED) is 0.229. The molecule has 0 aromatic heterocycles. The second-order valence-corrected chi connectivity index (χ2v) is 7.17. The molecule has 0 aliphatic rings. The number of carbonyl (C=O) groups is 2. The van der Waals surface area contributed by atoms with E-state index >= 15 is 0 Å². The van der Waals surface area contributed by atoms with Gasteiger partial charge in [0.1, 0.15) is 11.5 Å². The molecular weight excluding hydrogens is 412 g/mol. The first-order valence-corrected chi connectivity index (χ1v) is 10.3. The van der Waals surface area contributed by atoms with Crippen molar-refractivity contribution in [3.8, 4) is 11.5 Å². The van der Waals surface area contributed by atoms with Crippen molar-refractivity contribution < 1.29 is 19.1 Å². The Hall–Kier alpha value is -4.44. The number of aryl methyl sites for hydroxylation is 1. The smallest absolute Gasteiger partial charge is 0.336 e. The summed E-state index contributed by atoms with van der Waals surface area (Å²) in [5.41, 5.74) is 4.50. The molecule has 3 aromatic rings. The number of carbonyl (C=O) groups excluding carboxylic acids is 2. The van der Waals surface area contributed by atoms with Crippen molar-refractivity contribution >= 4 is 36.2 Å². The summed E-state index contributed by atoms with van der Waals surface area (Å²) in [5.74, 6) is -0.0795. The summed E-state index contributed by atoms with van der Waals surface area (Å²) in [6, 6.07) is 19.9. The number of benzene rings is 3. The van der Waals surface area contributed by atoms with Crippen LogP contribution in [0.25, 0.3) is 24.3 Å². The summed E-state index contributed by atoms with van der Waals surface area (Å²) in [7, 11) is 0. The van der Waals surface area contributed by atoms with Crippen LogP contribution >= 0.6 is 0 Å². The van der Waals surface area contributed by atoms with Crippen LogP contribution in [0.5, 0.6) is 11.5 Å². The lowest BCUT2D eigenvalue weighted by Gasteiger charge is -2.06. The van der Waals surface area contributed by atoms with Gasteiger partial charge in [0.25, 0.3) is 0 Å². The van der Waals surface area contributed by atoms with Gasteiger partial charge in [-0.3, -0.25) is 0 Å². The number of hydrogen-bond acceptors (Lipinski definition) is 4. The maximum Gasteiger partial charge on any atom is 0.336 e. The van der Waals surface area contributed by atoms with Crippen LogP contribution in [0.2, 0.25) is 0 Å². The van der Waals surface area contributed by atoms with Gasteiger partial charge in [-0.25, -0.2) is 9.59 Å². The summed E-state index contributed by atoms with van der Waals surface area (Å²) < 4.78 is 10.7. The lowest BCUT2D eigenvalue weighted by atomic mass is 10.1. The fourth-order valence-electron chi connectivity index (χ4n) is 2.94. The minimum atomic E-state index is -0.484. The lowest BCUT2D eigenvalue weighted by molar-refractivity contribution is -0.129. The number of rotatable bonds is 8. The van der Waals surface area contributed by atoms with E-state index in [1.165, 1.54) is 12.2 Å². The largest absolute Gasteiger partial charge is 0.423 e. The summed E-state index contributed by atoms with van der Waals surface area (Å²) in [4.78, 5) is 24.2. The van der Waals surface area contributed by atoms with Gasteiger partial charge in [0.05, 0.1) is 0 Å². The third-order valence-electron chi connectivity index (χ3n) is 4.78. The first-order valence-electron chi connectivity index (χ1n) is 10.3. The highest BCUT2D eigenvalue weighted by Crippen LogP contribution is 2.19. The standard InChI is InChI=1S/C29H24O4/c1-4-22-6-8-24(9-7-22)12-18-28(30)33-27-17-13-25(21(3)20-27)14-19-29(31)32-26-15-10-23(5-2)11-16-26/h4-20H,1-2H2,3H3/b18-12-,19-14-. The molecule has 0 heterocycles. The van der Waals surface area contributed by atoms with Crippen molar-refractivity contribution in [2.45, 2.75) is 6.92 Å². The zero-order valence-electron chi connectivity index (χ0n) is 18.4. The van der Waals surface area contributed by atoms with Crippen LogP contribution in [0.1, 0.15) is 27.8 Å². The van der Waals surface area contributed by atoms with Crippen molar-refractivity contribution in [3.63, 3.8) is 0 Å². The molecule has 0 unspecified atom stereocenters. The fraction of sp³-hybridized carbons (Fsp3) is 0.0345. The monoisotopic (exact) mass is 436 g/mol. The number of hydrogen-bond donors (Lipinski definition) is 0. The molecule has 0 aliphatic carbocycles. The third kappa shape index (κ3) is 7.04. The van der Waals surface area contributed by atoms with Crippen LogP contribution in [0.15, 0.2) is 92.0 Å². The van der Waals surface area contributed by atoms with Crippen LogP contribution < -0.4 is 9.47 Å². The SMILES string of the molecule is C=Cc1ccc(/C=C\C(=O)Oc2ccc(/C=C\C(=O)Oc3ccc(C=C)cc3)c(C)c2)cc1. The molecule has 4 nitrogen and oxygen atoms in total. The Kier molecular flexibility index (Phi) is 7.92. The van der Waals surface area contributed by atoms with E-state index in [-0.39, 0.29) is 0 Å². The molecule has 0 aliphatic heterocycles. The third-order valence-corrected chi connectivity index (χ3v) is 4.78. The molecular formula is C29H24O4. The predicted octanol–water partition coefficient (Wildman–Crippen LogP) is 6.52. The Labute approximate surface area is 193 Å². The molecule has 0 N–H and O–H groups in total. The first kappa shape index (κ1) is 23.2. The molecule has 164 valence electrons. The zero-order valence-corrected chi connectivity index (χ0v) is 18.4. The van der Waals surface area contributed by atoms with Crippen molar-refractivity contribution in [3.05, 3.63) is 120 Å². The van der Waals surface area contributed by atoms with Gasteiger partial charge in [0.15, 0.2) is 0 Å². The molecule has 4 heteroatoms. The molecule has 0 radical (unpaired) electrons. The highest BCUT2D eigenvalue weighted by Gasteiger charge is 2.05. The van der Waals surface area contributed by atoms with Gasteiger partial charge >= 0.3 is 11.9 Å². The number of esters is 2. The van der Waals surface area contributed by atoms with Crippen LogP contribution in [0, 0.1) is 6.92 Å². The molecule has 0 bridgehead atoms. The van der Waals surface area contributed by atoms with Gasteiger partial charge in [-0.05, 0) is 71.2 Å². The van der Waals surface area contributed by atoms with Gasteiger partial charge in [0.2, 0.25) is 0 Å².